The lowest BCUT2D eigenvalue weighted by atomic mass is 10.2. The summed E-state index contributed by atoms with van der Waals surface area (Å²) in [5, 5.41) is 0. The Balaban J connectivity index is 1.50. The molecule has 2 fully saturated rings. The molecule has 0 bridgehead atoms. The van der Waals surface area contributed by atoms with Gasteiger partial charge in [-0.2, -0.15) is 13.2 Å². The number of carbonyl (C=O) groups excluding carboxylic acids is 2. The second-order valence-electron chi connectivity index (χ2n) is 7.41. The number of pyridine rings is 1. The van der Waals surface area contributed by atoms with Crippen LogP contribution < -0.4 is 4.90 Å². The molecule has 7 nitrogen and oxygen atoms in total. The summed E-state index contributed by atoms with van der Waals surface area (Å²) in [5.74, 6) is 0.599. The Bertz CT molecular complexity index is 718. The van der Waals surface area contributed by atoms with Crippen LogP contribution >= 0.6 is 0 Å². The van der Waals surface area contributed by atoms with Crippen LogP contribution in [0.2, 0.25) is 0 Å². The van der Waals surface area contributed by atoms with E-state index in [9.17, 15) is 22.8 Å². The number of amides is 2. The summed E-state index contributed by atoms with van der Waals surface area (Å²) < 4.78 is 38.1. The number of hydrogen-bond acceptors (Lipinski definition) is 5. The van der Waals surface area contributed by atoms with E-state index >= 15 is 0 Å². The van der Waals surface area contributed by atoms with E-state index in [0.717, 1.165) is 25.2 Å². The van der Waals surface area contributed by atoms with Crippen LogP contribution in [0.25, 0.3) is 0 Å². The first-order valence-electron chi connectivity index (χ1n) is 9.78. The molecule has 1 aromatic rings. The summed E-state index contributed by atoms with van der Waals surface area (Å²) >= 11 is 0. The number of hydrogen-bond donors (Lipinski definition) is 0. The number of aromatic nitrogens is 1. The molecule has 0 aliphatic carbocycles. The molecule has 160 valence electrons. The number of piperazine rings is 1. The minimum absolute atomic E-state index is 0.0292. The van der Waals surface area contributed by atoms with Gasteiger partial charge in [-0.1, -0.05) is 0 Å². The minimum Gasteiger partial charge on any atom is -0.355 e. The van der Waals surface area contributed by atoms with Gasteiger partial charge in [-0.15, -0.1) is 0 Å². The Morgan fingerprint density at radius 3 is 2.24 bits per heavy atom. The van der Waals surface area contributed by atoms with E-state index in [-0.39, 0.29) is 11.8 Å². The van der Waals surface area contributed by atoms with Crippen molar-refractivity contribution < 1.29 is 22.8 Å². The number of rotatable bonds is 3. The van der Waals surface area contributed by atoms with Gasteiger partial charge in [0.25, 0.3) is 0 Å². The minimum atomic E-state index is -4.39. The largest absolute Gasteiger partial charge is 0.417 e. The number of nitrogens with zero attached hydrogens (tertiary/aromatic N) is 5. The number of alkyl halides is 3. The molecular formula is C19H26F3N5O2. The van der Waals surface area contributed by atoms with Gasteiger partial charge in [0.15, 0.2) is 0 Å². The van der Waals surface area contributed by atoms with E-state index in [4.69, 9.17) is 0 Å². The summed E-state index contributed by atoms with van der Waals surface area (Å²) in [5.41, 5.74) is -0.756. The van der Waals surface area contributed by atoms with Crippen molar-refractivity contribution in [2.45, 2.75) is 19.5 Å². The lowest BCUT2D eigenvalue weighted by Gasteiger charge is -2.35. The van der Waals surface area contributed by atoms with Crippen molar-refractivity contribution in [1.29, 1.82) is 0 Å². The van der Waals surface area contributed by atoms with Crippen molar-refractivity contribution in [3.63, 3.8) is 0 Å². The fourth-order valence-electron chi connectivity index (χ4n) is 3.66. The van der Waals surface area contributed by atoms with Crippen LogP contribution in [0.15, 0.2) is 18.3 Å². The first kappa shape index (κ1) is 21.4. The Labute approximate surface area is 168 Å². The van der Waals surface area contributed by atoms with Crippen LogP contribution in [-0.4, -0.2) is 90.4 Å². The first-order chi connectivity index (χ1) is 13.7. The number of halogens is 3. The summed E-state index contributed by atoms with van der Waals surface area (Å²) in [6, 6.07) is 2.45. The molecule has 3 heterocycles. The van der Waals surface area contributed by atoms with E-state index in [0.29, 0.717) is 58.2 Å². The van der Waals surface area contributed by atoms with Crippen LogP contribution in [0.4, 0.5) is 19.0 Å². The van der Waals surface area contributed by atoms with Crippen LogP contribution in [0.3, 0.4) is 0 Å². The van der Waals surface area contributed by atoms with Crippen molar-refractivity contribution in [1.82, 2.24) is 19.7 Å². The number of anilines is 1. The van der Waals surface area contributed by atoms with Gasteiger partial charge >= 0.3 is 6.18 Å². The molecule has 0 N–H and O–H groups in total. The molecule has 10 heteroatoms. The van der Waals surface area contributed by atoms with E-state index in [2.05, 4.69) is 9.88 Å². The third-order valence-electron chi connectivity index (χ3n) is 5.42. The van der Waals surface area contributed by atoms with Gasteiger partial charge in [0.05, 0.1) is 12.1 Å². The molecule has 2 amide bonds. The zero-order valence-corrected chi connectivity index (χ0v) is 16.5. The Morgan fingerprint density at radius 2 is 1.66 bits per heavy atom. The van der Waals surface area contributed by atoms with Gasteiger partial charge in [0.1, 0.15) is 5.82 Å². The zero-order chi connectivity index (χ0) is 21.0. The van der Waals surface area contributed by atoms with E-state index in [1.165, 1.54) is 13.0 Å². The molecule has 0 saturated carbocycles. The molecule has 1 aromatic heterocycles. The van der Waals surface area contributed by atoms with Gasteiger partial charge in [0, 0.05) is 65.5 Å². The topological polar surface area (TPSA) is 60.0 Å². The maximum atomic E-state index is 12.7. The smallest absolute Gasteiger partial charge is 0.355 e. The highest BCUT2D eigenvalue weighted by molar-refractivity contribution is 5.79. The lowest BCUT2D eigenvalue weighted by Crippen LogP contribution is -2.52. The first-order valence-corrected chi connectivity index (χ1v) is 9.78. The molecule has 0 unspecified atom stereocenters. The third-order valence-corrected chi connectivity index (χ3v) is 5.42. The Hall–Kier alpha value is -2.36. The van der Waals surface area contributed by atoms with Crippen LogP contribution in [-0.2, 0) is 15.8 Å². The fourth-order valence-corrected chi connectivity index (χ4v) is 3.66. The molecule has 2 aliphatic rings. The molecule has 3 rings (SSSR count). The van der Waals surface area contributed by atoms with Crippen molar-refractivity contribution in [2.75, 3.05) is 63.8 Å². The highest BCUT2D eigenvalue weighted by Gasteiger charge is 2.31. The van der Waals surface area contributed by atoms with Crippen molar-refractivity contribution in [3.8, 4) is 0 Å². The second-order valence-corrected chi connectivity index (χ2v) is 7.41. The predicted molar refractivity (Wildman–Crippen MR) is 101 cm³/mol. The monoisotopic (exact) mass is 413 g/mol. The van der Waals surface area contributed by atoms with Crippen molar-refractivity contribution >= 4 is 17.6 Å². The van der Waals surface area contributed by atoms with Gasteiger partial charge in [-0.05, 0) is 18.6 Å². The molecule has 2 saturated heterocycles. The molecule has 2 aliphatic heterocycles. The average Bonchev–Trinajstić information content (AvgIpc) is 2.93. The lowest BCUT2D eigenvalue weighted by molar-refractivity contribution is -0.139. The predicted octanol–water partition coefficient (Wildman–Crippen LogP) is 1.30. The van der Waals surface area contributed by atoms with Crippen LogP contribution in [0.1, 0.15) is 18.9 Å². The summed E-state index contributed by atoms with van der Waals surface area (Å²) in [7, 11) is 0. The summed E-state index contributed by atoms with van der Waals surface area (Å²) in [6.45, 7) is 6.74. The highest BCUT2D eigenvalue weighted by Crippen LogP contribution is 2.29. The Kier molecular flexibility index (Phi) is 6.61. The van der Waals surface area contributed by atoms with E-state index in [1.54, 1.807) is 9.80 Å². The molecule has 0 atom stereocenters. The molecule has 0 aromatic carbocycles. The van der Waals surface area contributed by atoms with Gasteiger partial charge in [-0.25, -0.2) is 4.98 Å². The van der Waals surface area contributed by atoms with Gasteiger partial charge in [-0.3, -0.25) is 14.5 Å². The van der Waals surface area contributed by atoms with E-state index in [1.807, 2.05) is 4.90 Å². The molecule has 29 heavy (non-hydrogen) atoms. The zero-order valence-electron chi connectivity index (χ0n) is 16.5. The quantitative estimate of drug-likeness (QED) is 0.748. The maximum absolute atomic E-state index is 12.7. The van der Waals surface area contributed by atoms with Crippen molar-refractivity contribution in [2.24, 2.45) is 0 Å². The van der Waals surface area contributed by atoms with Gasteiger partial charge < -0.3 is 14.7 Å². The standard InChI is InChI=1S/C19H26F3N5O2/c1-15(28)25-9-11-27(12-10-25)18(29)14-24-5-2-6-26(8-7-24)17-4-3-16(13-23-17)19(20,21)22/h3-4,13H,2,5-12,14H2,1H3. The second kappa shape index (κ2) is 8.98. The molecule has 0 radical (unpaired) electrons. The summed E-state index contributed by atoms with van der Waals surface area (Å²) in [6.07, 6.45) is -2.73. The average molecular weight is 413 g/mol. The normalized spacial score (nSPS) is 19.2. The Morgan fingerprint density at radius 1 is 0.966 bits per heavy atom. The number of carbonyl (C=O) groups is 2. The van der Waals surface area contributed by atoms with Crippen LogP contribution in [0.5, 0.6) is 0 Å². The third kappa shape index (κ3) is 5.59. The molecule has 0 spiro atoms. The maximum Gasteiger partial charge on any atom is 0.417 e. The molecular weight excluding hydrogens is 387 g/mol. The fraction of sp³-hybridized carbons (Fsp3) is 0.632. The van der Waals surface area contributed by atoms with Crippen LogP contribution in [0, 0.1) is 0 Å². The van der Waals surface area contributed by atoms with E-state index < -0.39 is 11.7 Å². The SMILES string of the molecule is CC(=O)N1CCN(C(=O)CN2CCCN(c3ccc(C(F)(F)F)cn3)CC2)CC1. The van der Waals surface area contributed by atoms with Crippen molar-refractivity contribution in [3.05, 3.63) is 23.9 Å². The summed E-state index contributed by atoms with van der Waals surface area (Å²) in [4.78, 5) is 35.5. The van der Waals surface area contributed by atoms with Gasteiger partial charge in [0.2, 0.25) is 11.8 Å². The highest BCUT2D eigenvalue weighted by atomic mass is 19.4.